The monoisotopic (exact) mass is 298 g/mol. The number of fused-ring (bicyclic) bond motifs is 1. The van der Waals surface area contributed by atoms with Crippen molar-refractivity contribution in [3.63, 3.8) is 0 Å². The molecule has 1 aromatic heterocycles. The van der Waals surface area contributed by atoms with E-state index >= 15 is 0 Å². The van der Waals surface area contributed by atoms with E-state index in [0.29, 0.717) is 19.8 Å². The number of carbonyl (C=O) groups excluding carboxylic acids is 1. The molecule has 0 spiro atoms. The minimum absolute atomic E-state index is 0.0100. The Morgan fingerprint density at radius 2 is 2.23 bits per heavy atom. The Bertz CT molecular complexity index is 663. The molecular formula is C18H22N2O2. The molecule has 3 rings (SSSR count). The summed E-state index contributed by atoms with van der Waals surface area (Å²) >= 11 is 0. The van der Waals surface area contributed by atoms with Crippen LogP contribution in [0.15, 0.2) is 36.5 Å². The van der Waals surface area contributed by atoms with Gasteiger partial charge in [-0.05, 0) is 38.0 Å². The Morgan fingerprint density at radius 1 is 1.41 bits per heavy atom. The van der Waals surface area contributed by atoms with Crippen LogP contribution in [0.4, 0.5) is 0 Å². The zero-order valence-corrected chi connectivity index (χ0v) is 13.2. The van der Waals surface area contributed by atoms with E-state index < -0.39 is 0 Å². The molecule has 0 aliphatic carbocycles. The predicted octanol–water partition coefficient (Wildman–Crippen LogP) is 3.01. The van der Waals surface area contributed by atoms with Crippen LogP contribution in [-0.4, -0.2) is 35.0 Å². The SMILES string of the molecule is CC(C)N(Cc1cnc2ccccc2c1)C(=O)[C@@H]1CCOC1. The summed E-state index contributed by atoms with van der Waals surface area (Å²) in [5.74, 6) is 0.205. The van der Waals surface area contributed by atoms with Gasteiger partial charge in [-0.15, -0.1) is 0 Å². The van der Waals surface area contributed by atoms with Crippen LogP contribution < -0.4 is 0 Å². The molecule has 4 heteroatoms. The summed E-state index contributed by atoms with van der Waals surface area (Å²) in [6.45, 7) is 5.97. The van der Waals surface area contributed by atoms with Gasteiger partial charge < -0.3 is 9.64 Å². The summed E-state index contributed by atoms with van der Waals surface area (Å²) in [6, 6.07) is 10.3. The molecule has 22 heavy (non-hydrogen) atoms. The van der Waals surface area contributed by atoms with Gasteiger partial charge in [-0.3, -0.25) is 9.78 Å². The summed E-state index contributed by atoms with van der Waals surface area (Å²) in [5.41, 5.74) is 2.05. The number of hydrogen-bond donors (Lipinski definition) is 0. The minimum atomic E-state index is 0.0100. The van der Waals surface area contributed by atoms with E-state index in [9.17, 15) is 4.79 Å². The molecule has 1 aliphatic heterocycles. The van der Waals surface area contributed by atoms with E-state index in [1.165, 1.54) is 0 Å². The third-order valence-corrected chi connectivity index (χ3v) is 4.19. The lowest BCUT2D eigenvalue weighted by molar-refractivity contribution is -0.137. The van der Waals surface area contributed by atoms with Gasteiger partial charge in [0, 0.05) is 30.8 Å². The van der Waals surface area contributed by atoms with Crippen molar-refractivity contribution >= 4 is 16.8 Å². The van der Waals surface area contributed by atoms with Gasteiger partial charge in [0.2, 0.25) is 5.91 Å². The highest BCUT2D eigenvalue weighted by Gasteiger charge is 2.29. The van der Waals surface area contributed by atoms with Crippen LogP contribution in [0.25, 0.3) is 10.9 Å². The Labute approximate surface area is 131 Å². The van der Waals surface area contributed by atoms with Gasteiger partial charge in [0.25, 0.3) is 0 Å². The van der Waals surface area contributed by atoms with Crippen LogP contribution in [0.3, 0.4) is 0 Å². The third kappa shape index (κ3) is 3.12. The molecule has 4 nitrogen and oxygen atoms in total. The van der Waals surface area contributed by atoms with Gasteiger partial charge >= 0.3 is 0 Å². The molecule has 0 radical (unpaired) electrons. The van der Waals surface area contributed by atoms with Crippen molar-refractivity contribution in [1.29, 1.82) is 0 Å². The fourth-order valence-electron chi connectivity index (χ4n) is 2.88. The summed E-state index contributed by atoms with van der Waals surface area (Å²) in [7, 11) is 0. The van der Waals surface area contributed by atoms with E-state index in [4.69, 9.17) is 4.74 Å². The second kappa shape index (κ2) is 6.44. The third-order valence-electron chi connectivity index (χ3n) is 4.19. The number of aromatic nitrogens is 1. The summed E-state index contributed by atoms with van der Waals surface area (Å²) in [6.07, 6.45) is 2.70. The Hall–Kier alpha value is -1.94. The highest BCUT2D eigenvalue weighted by molar-refractivity contribution is 5.80. The molecule has 1 amide bonds. The maximum absolute atomic E-state index is 12.7. The Morgan fingerprint density at radius 3 is 2.95 bits per heavy atom. The number of hydrogen-bond acceptors (Lipinski definition) is 3. The molecule has 116 valence electrons. The number of para-hydroxylation sites is 1. The Kier molecular flexibility index (Phi) is 4.39. The largest absolute Gasteiger partial charge is 0.381 e. The van der Waals surface area contributed by atoms with Gasteiger partial charge in [-0.2, -0.15) is 0 Å². The molecule has 1 fully saturated rings. The van der Waals surface area contributed by atoms with Crippen molar-refractivity contribution in [3.05, 3.63) is 42.1 Å². The molecular weight excluding hydrogens is 276 g/mol. The first-order valence-electron chi connectivity index (χ1n) is 7.87. The fraction of sp³-hybridized carbons (Fsp3) is 0.444. The lowest BCUT2D eigenvalue weighted by atomic mass is 10.1. The number of benzene rings is 1. The molecule has 0 bridgehead atoms. The summed E-state index contributed by atoms with van der Waals surface area (Å²) < 4.78 is 5.36. The maximum Gasteiger partial charge on any atom is 0.228 e. The lowest BCUT2D eigenvalue weighted by Gasteiger charge is -2.29. The van der Waals surface area contributed by atoms with E-state index in [-0.39, 0.29) is 17.9 Å². The van der Waals surface area contributed by atoms with E-state index in [2.05, 4.69) is 31.0 Å². The van der Waals surface area contributed by atoms with Crippen LogP contribution in [0.5, 0.6) is 0 Å². The fourth-order valence-corrected chi connectivity index (χ4v) is 2.88. The van der Waals surface area contributed by atoms with Gasteiger partial charge in [0.15, 0.2) is 0 Å². The molecule has 1 saturated heterocycles. The van der Waals surface area contributed by atoms with Gasteiger partial charge in [-0.1, -0.05) is 18.2 Å². The lowest BCUT2D eigenvalue weighted by Crippen LogP contribution is -2.40. The molecule has 2 heterocycles. The van der Waals surface area contributed by atoms with Crippen molar-refractivity contribution in [1.82, 2.24) is 9.88 Å². The molecule has 1 atom stereocenters. The van der Waals surface area contributed by atoms with E-state index in [0.717, 1.165) is 22.9 Å². The number of amides is 1. The van der Waals surface area contributed by atoms with Crippen LogP contribution >= 0.6 is 0 Å². The highest BCUT2D eigenvalue weighted by atomic mass is 16.5. The standard InChI is InChI=1S/C18H22N2O2/c1-13(2)20(18(21)16-7-8-22-12-16)11-14-9-15-5-3-4-6-17(15)19-10-14/h3-6,9-10,13,16H,7-8,11-12H2,1-2H3/t16-/m1/s1. The maximum atomic E-state index is 12.7. The minimum Gasteiger partial charge on any atom is -0.381 e. The summed E-state index contributed by atoms with van der Waals surface area (Å²) in [5, 5.41) is 1.11. The smallest absolute Gasteiger partial charge is 0.228 e. The second-order valence-electron chi connectivity index (χ2n) is 6.16. The van der Waals surface area contributed by atoms with Crippen molar-refractivity contribution < 1.29 is 9.53 Å². The van der Waals surface area contributed by atoms with Crippen molar-refractivity contribution in [2.75, 3.05) is 13.2 Å². The zero-order chi connectivity index (χ0) is 15.5. The van der Waals surface area contributed by atoms with Crippen molar-refractivity contribution in [2.24, 2.45) is 5.92 Å². The molecule has 1 aliphatic rings. The van der Waals surface area contributed by atoms with E-state index in [1.54, 1.807) is 0 Å². The first kappa shape index (κ1) is 15.0. The average molecular weight is 298 g/mol. The topological polar surface area (TPSA) is 42.4 Å². The molecule has 1 aromatic carbocycles. The first-order chi connectivity index (χ1) is 10.6. The van der Waals surface area contributed by atoms with Crippen LogP contribution in [0.1, 0.15) is 25.8 Å². The van der Waals surface area contributed by atoms with Crippen LogP contribution in [-0.2, 0) is 16.1 Å². The van der Waals surface area contributed by atoms with E-state index in [1.807, 2.05) is 29.3 Å². The molecule has 0 saturated carbocycles. The number of carbonyl (C=O) groups is 1. The zero-order valence-electron chi connectivity index (χ0n) is 13.2. The second-order valence-corrected chi connectivity index (χ2v) is 6.16. The number of rotatable bonds is 4. The molecule has 0 N–H and O–H groups in total. The van der Waals surface area contributed by atoms with Crippen molar-refractivity contribution in [2.45, 2.75) is 32.9 Å². The predicted molar refractivity (Wildman–Crippen MR) is 86.4 cm³/mol. The van der Waals surface area contributed by atoms with Crippen LogP contribution in [0.2, 0.25) is 0 Å². The highest BCUT2D eigenvalue weighted by Crippen LogP contribution is 2.20. The number of ether oxygens (including phenoxy) is 1. The molecule has 0 unspecified atom stereocenters. The number of nitrogens with zero attached hydrogens (tertiary/aromatic N) is 2. The quantitative estimate of drug-likeness (QED) is 0.871. The first-order valence-corrected chi connectivity index (χ1v) is 7.87. The number of pyridine rings is 1. The van der Waals surface area contributed by atoms with Crippen molar-refractivity contribution in [3.8, 4) is 0 Å². The van der Waals surface area contributed by atoms with Gasteiger partial charge in [0.05, 0.1) is 18.0 Å². The van der Waals surface area contributed by atoms with Crippen LogP contribution in [0, 0.1) is 5.92 Å². The summed E-state index contributed by atoms with van der Waals surface area (Å²) in [4.78, 5) is 19.1. The van der Waals surface area contributed by atoms with Gasteiger partial charge in [0.1, 0.15) is 0 Å². The molecule has 2 aromatic rings. The Balaban J connectivity index is 1.81. The normalized spacial score (nSPS) is 18.0. The van der Waals surface area contributed by atoms with Gasteiger partial charge in [-0.25, -0.2) is 0 Å². The average Bonchev–Trinajstić information content (AvgIpc) is 3.06.